The van der Waals surface area contributed by atoms with Crippen LogP contribution in [0.5, 0.6) is 0 Å². The SMILES string of the molecule is CC(N)C1CCCCN1S(=O)(=O)c1cc(F)ccc1F. The molecule has 0 bridgehead atoms. The molecule has 4 nitrogen and oxygen atoms in total. The van der Waals surface area contributed by atoms with Crippen LogP contribution in [0.4, 0.5) is 8.78 Å². The van der Waals surface area contributed by atoms with Gasteiger partial charge in [-0.25, -0.2) is 17.2 Å². The van der Waals surface area contributed by atoms with Crippen molar-refractivity contribution in [3.8, 4) is 0 Å². The summed E-state index contributed by atoms with van der Waals surface area (Å²) in [7, 11) is -4.07. The minimum atomic E-state index is -4.07. The Morgan fingerprint density at radius 1 is 1.35 bits per heavy atom. The number of rotatable bonds is 3. The van der Waals surface area contributed by atoms with E-state index in [4.69, 9.17) is 5.73 Å². The van der Waals surface area contributed by atoms with E-state index in [0.717, 1.165) is 24.6 Å². The molecule has 2 N–H and O–H groups in total. The van der Waals surface area contributed by atoms with Gasteiger partial charge in [0.25, 0.3) is 0 Å². The van der Waals surface area contributed by atoms with Gasteiger partial charge in [0.15, 0.2) is 0 Å². The second-order valence-corrected chi connectivity index (χ2v) is 6.97. The molecule has 1 aromatic carbocycles. The van der Waals surface area contributed by atoms with Crippen LogP contribution in [0.3, 0.4) is 0 Å². The standard InChI is InChI=1S/C13H18F2N2O2S/c1-9(16)12-4-2-3-7-17(12)20(18,19)13-8-10(14)5-6-11(13)15/h5-6,8-9,12H,2-4,7,16H2,1H3. The summed E-state index contributed by atoms with van der Waals surface area (Å²) in [5, 5.41) is 0. The summed E-state index contributed by atoms with van der Waals surface area (Å²) in [5.41, 5.74) is 5.83. The van der Waals surface area contributed by atoms with E-state index in [1.807, 2.05) is 0 Å². The maximum atomic E-state index is 13.7. The lowest BCUT2D eigenvalue weighted by molar-refractivity contribution is 0.226. The summed E-state index contributed by atoms with van der Waals surface area (Å²) in [5.74, 6) is -1.72. The van der Waals surface area contributed by atoms with Crippen molar-refractivity contribution < 1.29 is 17.2 Å². The van der Waals surface area contributed by atoms with E-state index >= 15 is 0 Å². The molecule has 0 amide bonds. The van der Waals surface area contributed by atoms with Crippen molar-refractivity contribution >= 4 is 10.0 Å². The zero-order valence-corrected chi connectivity index (χ0v) is 12.0. The van der Waals surface area contributed by atoms with E-state index in [1.165, 1.54) is 4.31 Å². The van der Waals surface area contributed by atoms with Crippen LogP contribution in [-0.2, 0) is 10.0 Å². The average Bonchev–Trinajstić information content (AvgIpc) is 2.41. The fraction of sp³-hybridized carbons (Fsp3) is 0.538. The van der Waals surface area contributed by atoms with Crippen LogP contribution in [-0.4, -0.2) is 31.4 Å². The first-order valence-electron chi connectivity index (χ1n) is 6.56. The lowest BCUT2D eigenvalue weighted by Crippen LogP contribution is -2.51. The normalized spacial score (nSPS) is 22.7. The molecule has 2 unspecified atom stereocenters. The fourth-order valence-corrected chi connectivity index (χ4v) is 4.41. The van der Waals surface area contributed by atoms with Crippen molar-refractivity contribution in [1.29, 1.82) is 0 Å². The van der Waals surface area contributed by atoms with E-state index in [2.05, 4.69) is 0 Å². The Bertz CT molecular complexity index is 590. The number of halogens is 2. The Balaban J connectivity index is 2.45. The number of piperidine rings is 1. The lowest BCUT2D eigenvalue weighted by atomic mass is 10.00. The third-order valence-corrected chi connectivity index (χ3v) is 5.52. The fourth-order valence-electron chi connectivity index (χ4n) is 2.56. The Hall–Kier alpha value is -1.05. The van der Waals surface area contributed by atoms with E-state index < -0.39 is 26.6 Å². The molecule has 0 radical (unpaired) electrons. The molecule has 7 heteroatoms. The number of hydrogen-bond acceptors (Lipinski definition) is 3. The van der Waals surface area contributed by atoms with Crippen LogP contribution in [0, 0.1) is 11.6 Å². The van der Waals surface area contributed by atoms with Gasteiger partial charge in [-0.2, -0.15) is 4.31 Å². The molecule has 112 valence electrons. The van der Waals surface area contributed by atoms with E-state index in [0.29, 0.717) is 12.8 Å². The van der Waals surface area contributed by atoms with Gasteiger partial charge >= 0.3 is 0 Å². The van der Waals surface area contributed by atoms with Gasteiger partial charge in [0.1, 0.15) is 16.5 Å². The third kappa shape index (κ3) is 2.84. The van der Waals surface area contributed by atoms with Gasteiger partial charge in [-0.05, 0) is 38.0 Å². The van der Waals surface area contributed by atoms with E-state index in [9.17, 15) is 17.2 Å². The molecule has 0 saturated carbocycles. The minimum absolute atomic E-state index is 0.282. The summed E-state index contributed by atoms with van der Waals surface area (Å²) in [6.07, 6.45) is 2.21. The van der Waals surface area contributed by atoms with Crippen molar-refractivity contribution in [3.63, 3.8) is 0 Å². The second kappa shape index (κ2) is 5.75. The highest BCUT2D eigenvalue weighted by Gasteiger charge is 2.36. The predicted octanol–water partition coefficient (Wildman–Crippen LogP) is 1.86. The first-order valence-corrected chi connectivity index (χ1v) is 8.00. The molecule has 2 atom stereocenters. The first kappa shape index (κ1) is 15.3. The van der Waals surface area contributed by atoms with Crippen LogP contribution in [0.2, 0.25) is 0 Å². The van der Waals surface area contributed by atoms with E-state index in [1.54, 1.807) is 6.92 Å². The van der Waals surface area contributed by atoms with Gasteiger partial charge in [0.05, 0.1) is 0 Å². The first-order chi connectivity index (χ1) is 9.34. The molecule has 0 aromatic heterocycles. The molecule has 1 aliphatic rings. The molecule has 1 aliphatic heterocycles. The minimum Gasteiger partial charge on any atom is -0.326 e. The highest BCUT2D eigenvalue weighted by molar-refractivity contribution is 7.89. The van der Waals surface area contributed by atoms with Crippen molar-refractivity contribution in [3.05, 3.63) is 29.8 Å². The van der Waals surface area contributed by atoms with Gasteiger partial charge in [0.2, 0.25) is 10.0 Å². The Labute approximate surface area is 117 Å². The lowest BCUT2D eigenvalue weighted by Gasteiger charge is -2.36. The van der Waals surface area contributed by atoms with Gasteiger partial charge in [-0.15, -0.1) is 0 Å². The molecule has 0 aliphatic carbocycles. The smallest absolute Gasteiger partial charge is 0.246 e. The Kier molecular flexibility index (Phi) is 4.41. The summed E-state index contributed by atoms with van der Waals surface area (Å²) in [4.78, 5) is -0.620. The molecule has 0 spiro atoms. The number of sulfonamides is 1. The zero-order chi connectivity index (χ0) is 14.9. The monoisotopic (exact) mass is 304 g/mol. The molecular formula is C13H18F2N2O2S. The maximum absolute atomic E-state index is 13.7. The molecular weight excluding hydrogens is 286 g/mol. The Morgan fingerprint density at radius 3 is 2.70 bits per heavy atom. The molecule has 1 heterocycles. The summed E-state index contributed by atoms with van der Waals surface area (Å²) < 4.78 is 53.3. The van der Waals surface area contributed by atoms with Crippen LogP contribution in [0.1, 0.15) is 26.2 Å². The third-order valence-electron chi connectivity index (χ3n) is 3.59. The molecule has 20 heavy (non-hydrogen) atoms. The summed E-state index contributed by atoms with van der Waals surface area (Å²) >= 11 is 0. The second-order valence-electron chi connectivity index (χ2n) is 5.11. The topological polar surface area (TPSA) is 63.4 Å². The van der Waals surface area contributed by atoms with Gasteiger partial charge in [0, 0.05) is 18.6 Å². The molecule has 2 rings (SSSR count). The summed E-state index contributed by atoms with van der Waals surface area (Å²) in [6.45, 7) is 2.00. The molecule has 1 fully saturated rings. The van der Waals surface area contributed by atoms with Crippen LogP contribution in [0.25, 0.3) is 0 Å². The van der Waals surface area contributed by atoms with Gasteiger partial charge in [-0.3, -0.25) is 0 Å². The van der Waals surface area contributed by atoms with Crippen molar-refractivity contribution in [2.24, 2.45) is 5.73 Å². The number of nitrogens with two attached hydrogens (primary N) is 1. The predicted molar refractivity (Wildman–Crippen MR) is 71.5 cm³/mol. The summed E-state index contributed by atoms with van der Waals surface area (Å²) in [6, 6.07) is 1.70. The Morgan fingerprint density at radius 2 is 2.05 bits per heavy atom. The average molecular weight is 304 g/mol. The zero-order valence-electron chi connectivity index (χ0n) is 11.2. The van der Waals surface area contributed by atoms with Crippen molar-refractivity contribution in [2.75, 3.05) is 6.54 Å². The highest BCUT2D eigenvalue weighted by Crippen LogP contribution is 2.28. The number of nitrogens with zero attached hydrogens (tertiary/aromatic N) is 1. The van der Waals surface area contributed by atoms with Crippen molar-refractivity contribution in [1.82, 2.24) is 4.31 Å². The highest BCUT2D eigenvalue weighted by atomic mass is 32.2. The largest absolute Gasteiger partial charge is 0.326 e. The van der Waals surface area contributed by atoms with Crippen LogP contribution >= 0.6 is 0 Å². The molecule has 1 saturated heterocycles. The van der Waals surface area contributed by atoms with Gasteiger partial charge < -0.3 is 5.73 Å². The number of benzene rings is 1. The molecule has 1 aromatic rings. The van der Waals surface area contributed by atoms with Gasteiger partial charge in [-0.1, -0.05) is 6.42 Å². The van der Waals surface area contributed by atoms with Crippen molar-refractivity contribution in [2.45, 2.75) is 43.2 Å². The van der Waals surface area contributed by atoms with E-state index in [-0.39, 0.29) is 18.6 Å². The quantitative estimate of drug-likeness (QED) is 0.927. The van der Waals surface area contributed by atoms with Crippen LogP contribution in [0.15, 0.2) is 23.1 Å². The van der Waals surface area contributed by atoms with Crippen LogP contribution < -0.4 is 5.73 Å². The maximum Gasteiger partial charge on any atom is 0.246 e. The number of hydrogen-bond donors (Lipinski definition) is 1.